The minimum Gasteiger partial charge on any atom is -0.345 e. The molecular formula is C35H40ClN3O2. The Hall–Kier alpha value is -3.57. The molecule has 5 nitrogen and oxygen atoms in total. The number of carbonyl (C=O) groups is 2. The zero-order chi connectivity index (χ0) is 28.6. The largest absolute Gasteiger partial charge is 0.345 e. The second-order valence-electron chi connectivity index (χ2n) is 11.2. The molecular weight excluding hydrogens is 530 g/mol. The van der Waals surface area contributed by atoms with Crippen LogP contribution < -0.4 is 0 Å². The Labute approximate surface area is 248 Å². The highest BCUT2D eigenvalue weighted by Crippen LogP contribution is 2.26. The zero-order valence-electron chi connectivity index (χ0n) is 24.0. The Morgan fingerprint density at radius 3 is 2.44 bits per heavy atom. The minimum absolute atomic E-state index is 0.0210. The first kappa shape index (κ1) is 28.9. The molecule has 5 rings (SSSR count). The van der Waals surface area contributed by atoms with E-state index in [1.807, 2.05) is 77.7 Å². The molecule has 0 spiro atoms. The molecule has 0 N–H and O–H groups in total. The van der Waals surface area contributed by atoms with Gasteiger partial charge in [0.25, 0.3) is 5.91 Å². The summed E-state index contributed by atoms with van der Waals surface area (Å²) in [5, 5.41) is 2.87. The van der Waals surface area contributed by atoms with E-state index in [1.165, 1.54) is 6.42 Å². The van der Waals surface area contributed by atoms with Gasteiger partial charge in [-0.25, -0.2) is 0 Å². The van der Waals surface area contributed by atoms with Crippen molar-refractivity contribution >= 4 is 34.2 Å². The minimum atomic E-state index is -0.0803. The van der Waals surface area contributed by atoms with Crippen molar-refractivity contribution in [1.82, 2.24) is 14.4 Å². The zero-order valence-corrected chi connectivity index (χ0v) is 24.7. The summed E-state index contributed by atoms with van der Waals surface area (Å²) >= 11 is 6.47. The Kier molecular flexibility index (Phi) is 9.79. The van der Waals surface area contributed by atoms with Crippen molar-refractivity contribution in [2.45, 2.75) is 71.0 Å². The maximum Gasteiger partial charge on any atom is 0.254 e. The number of amides is 2. The summed E-state index contributed by atoms with van der Waals surface area (Å²) < 4.78 is 2.18. The number of fused-ring (bicyclic) bond motifs is 1. The smallest absolute Gasteiger partial charge is 0.254 e. The van der Waals surface area contributed by atoms with Crippen LogP contribution in [-0.4, -0.2) is 45.3 Å². The average Bonchev–Trinajstić information content (AvgIpc) is 3.45. The van der Waals surface area contributed by atoms with Gasteiger partial charge < -0.3 is 14.4 Å². The Morgan fingerprint density at radius 1 is 0.902 bits per heavy atom. The monoisotopic (exact) mass is 569 g/mol. The van der Waals surface area contributed by atoms with Crippen LogP contribution in [0.1, 0.15) is 73.5 Å². The predicted molar refractivity (Wildman–Crippen MR) is 167 cm³/mol. The third-order valence-electron chi connectivity index (χ3n) is 8.28. The van der Waals surface area contributed by atoms with E-state index in [-0.39, 0.29) is 24.4 Å². The topological polar surface area (TPSA) is 45.6 Å². The molecule has 41 heavy (non-hydrogen) atoms. The van der Waals surface area contributed by atoms with Gasteiger partial charge in [-0.05, 0) is 65.9 Å². The fourth-order valence-corrected chi connectivity index (χ4v) is 6.10. The molecule has 2 amide bonds. The summed E-state index contributed by atoms with van der Waals surface area (Å²) in [6.07, 6.45) is 9.35. The number of halogens is 1. The first-order valence-electron chi connectivity index (χ1n) is 15.0. The van der Waals surface area contributed by atoms with Crippen LogP contribution in [0.2, 0.25) is 5.02 Å². The van der Waals surface area contributed by atoms with Gasteiger partial charge in [0, 0.05) is 41.6 Å². The van der Waals surface area contributed by atoms with E-state index in [9.17, 15) is 9.59 Å². The second kappa shape index (κ2) is 13.9. The van der Waals surface area contributed by atoms with Crippen molar-refractivity contribution in [3.63, 3.8) is 0 Å². The van der Waals surface area contributed by atoms with E-state index in [0.29, 0.717) is 25.2 Å². The molecule has 0 unspecified atom stereocenters. The average molecular weight is 570 g/mol. The summed E-state index contributed by atoms with van der Waals surface area (Å²) in [6.45, 7) is 3.94. The third kappa shape index (κ3) is 7.20. The second-order valence-corrected chi connectivity index (χ2v) is 11.6. The highest BCUT2D eigenvalue weighted by atomic mass is 35.5. The van der Waals surface area contributed by atoms with Crippen molar-refractivity contribution in [3.8, 4) is 0 Å². The first-order valence-corrected chi connectivity index (χ1v) is 15.4. The Morgan fingerprint density at radius 2 is 1.66 bits per heavy atom. The molecule has 0 radical (unpaired) electrons. The highest BCUT2D eigenvalue weighted by molar-refractivity contribution is 6.31. The number of nitrogens with zero attached hydrogens (tertiary/aromatic N) is 3. The van der Waals surface area contributed by atoms with E-state index in [4.69, 9.17) is 11.6 Å². The lowest BCUT2D eigenvalue weighted by molar-refractivity contribution is -0.135. The van der Waals surface area contributed by atoms with E-state index >= 15 is 0 Å². The first-order chi connectivity index (χ1) is 20.0. The summed E-state index contributed by atoms with van der Waals surface area (Å²) in [4.78, 5) is 31.7. The van der Waals surface area contributed by atoms with Crippen LogP contribution in [-0.2, 0) is 17.9 Å². The Balaban J connectivity index is 1.37. The standard InChI is InChI=1S/C35H40ClN3O2/c1-2-3-21-38(35(41)29-20-19-27-12-7-8-13-28(27)23-29)26-34(40)39(31-15-5-4-6-16-31)25-32-17-11-22-37(32)24-30-14-9-10-18-33(30)36/h7-14,17-20,22-23,31H,2-6,15-16,21,24-26H2,1H3. The van der Waals surface area contributed by atoms with Crippen molar-refractivity contribution < 1.29 is 9.59 Å². The number of carbonyl (C=O) groups excluding carboxylic acids is 2. The number of benzene rings is 3. The van der Waals surface area contributed by atoms with Crippen LogP contribution >= 0.6 is 11.6 Å². The summed E-state index contributed by atoms with van der Waals surface area (Å²) in [5.41, 5.74) is 2.75. The normalized spacial score (nSPS) is 13.8. The van der Waals surface area contributed by atoms with Crippen LogP contribution in [0.4, 0.5) is 0 Å². The lowest BCUT2D eigenvalue weighted by Gasteiger charge is -2.36. The van der Waals surface area contributed by atoms with Gasteiger partial charge in [0.05, 0.1) is 6.54 Å². The van der Waals surface area contributed by atoms with Crippen LogP contribution in [0.15, 0.2) is 85.1 Å². The van der Waals surface area contributed by atoms with Gasteiger partial charge >= 0.3 is 0 Å². The molecule has 1 saturated carbocycles. The van der Waals surface area contributed by atoms with Gasteiger partial charge in [0.2, 0.25) is 5.91 Å². The highest BCUT2D eigenvalue weighted by Gasteiger charge is 2.29. The molecule has 0 atom stereocenters. The number of hydrogen-bond donors (Lipinski definition) is 0. The third-order valence-corrected chi connectivity index (χ3v) is 8.65. The van der Waals surface area contributed by atoms with Crippen molar-refractivity contribution in [1.29, 1.82) is 0 Å². The summed E-state index contributed by atoms with van der Waals surface area (Å²) in [7, 11) is 0. The van der Waals surface area contributed by atoms with Crippen molar-refractivity contribution in [2.75, 3.05) is 13.1 Å². The van der Waals surface area contributed by atoms with Gasteiger partial charge in [0.15, 0.2) is 0 Å². The van der Waals surface area contributed by atoms with Crippen LogP contribution in [0.25, 0.3) is 10.8 Å². The molecule has 214 valence electrons. The van der Waals surface area contributed by atoms with Gasteiger partial charge in [-0.3, -0.25) is 9.59 Å². The molecule has 4 aromatic rings. The van der Waals surface area contributed by atoms with E-state index in [2.05, 4.69) is 23.8 Å². The molecule has 1 aromatic heterocycles. The lowest BCUT2D eigenvalue weighted by atomic mass is 9.94. The van der Waals surface area contributed by atoms with E-state index < -0.39 is 0 Å². The molecule has 1 fully saturated rings. The lowest BCUT2D eigenvalue weighted by Crippen LogP contribution is -2.47. The molecule has 0 saturated heterocycles. The maximum absolute atomic E-state index is 14.1. The maximum atomic E-state index is 14.1. The SMILES string of the molecule is CCCCN(CC(=O)N(Cc1cccn1Cc1ccccc1Cl)C1CCCCC1)C(=O)c1ccc2ccccc2c1. The van der Waals surface area contributed by atoms with Crippen LogP contribution in [0, 0.1) is 0 Å². The molecule has 1 aliphatic rings. The molecule has 0 bridgehead atoms. The summed E-state index contributed by atoms with van der Waals surface area (Å²) in [6, 6.07) is 26.1. The van der Waals surface area contributed by atoms with Gasteiger partial charge in [-0.1, -0.05) is 92.7 Å². The fraction of sp³-hybridized carbons (Fsp3) is 0.371. The Bertz CT molecular complexity index is 1470. The number of rotatable bonds is 11. The molecule has 3 aromatic carbocycles. The molecule has 6 heteroatoms. The number of hydrogen-bond acceptors (Lipinski definition) is 2. The van der Waals surface area contributed by atoms with Crippen LogP contribution in [0.3, 0.4) is 0 Å². The van der Waals surface area contributed by atoms with Crippen molar-refractivity contribution in [3.05, 3.63) is 107 Å². The summed E-state index contributed by atoms with van der Waals surface area (Å²) in [5.74, 6) is -0.0594. The van der Waals surface area contributed by atoms with Gasteiger partial charge in [-0.15, -0.1) is 0 Å². The molecule has 1 heterocycles. The number of aromatic nitrogens is 1. The van der Waals surface area contributed by atoms with E-state index in [0.717, 1.165) is 65.6 Å². The molecule has 0 aliphatic heterocycles. The van der Waals surface area contributed by atoms with Crippen LogP contribution in [0.5, 0.6) is 0 Å². The van der Waals surface area contributed by atoms with Crippen molar-refractivity contribution in [2.24, 2.45) is 0 Å². The van der Waals surface area contributed by atoms with Gasteiger partial charge in [0.1, 0.15) is 6.54 Å². The van der Waals surface area contributed by atoms with Gasteiger partial charge in [-0.2, -0.15) is 0 Å². The number of unbranched alkanes of at least 4 members (excludes halogenated alkanes) is 1. The van der Waals surface area contributed by atoms with E-state index in [1.54, 1.807) is 4.90 Å². The molecule has 1 aliphatic carbocycles. The predicted octanol–water partition coefficient (Wildman–Crippen LogP) is 7.95. The fourth-order valence-electron chi connectivity index (χ4n) is 5.91. The quantitative estimate of drug-likeness (QED) is 0.184.